The lowest BCUT2D eigenvalue weighted by Crippen LogP contribution is -2.29. The van der Waals surface area contributed by atoms with E-state index in [-0.39, 0.29) is 5.41 Å². The Morgan fingerprint density at radius 1 is 0.800 bits per heavy atom. The molecule has 0 N–H and O–H groups in total. The van der Waals surface area contributed by atoms with Crippen LogP contribution < -0.4 is 0 Å². The van der Waals surface area contributed by atoms with E-state index in [0.717, 1.165) is 0 Å². The lowest BCUT2D eigenvalue weighted by molar-refractivity contribution is 0.353. The molecule has 1 spiro atoms. The fourth-order valence-corrected chi connectivity index (χ4v) is 5.45. The number of hydrogen-bond donors (Lipinski definition) is 0. The van der Waals surface area contributed by atoms with Crippen molar-refractivity contribution in [2.45, 2.75) is 48.3 Å². The molecule has 1 heterocycles. The van der Waals surface area contributed by atoms with Crippen LogP contribution in [0.4, 0.5) is 0 Å². The summed E-state index contributed by atoms with van der Waals surface area (Å²) in [6.45, 7) is 4.85. The van der Waals surface area contributed by atoms with Gasteiger partial charge in [-0.05, 0) is 47.9 Å². The van der Waals surface area contributed by atoms with Crippen molar-refractivity contribution in [2.24, 2.45) is 5.41 Å². The Hall–Kier alpha value is -1.21. The summed E-state index contributed by atoms with van der Waals surface area (Å²) in [5.41, 5.74) is 3.83. The largest absolute Gasteiger partial charge is 0.0895 e. The third kappa shape index (κ3) is 1.69. The van der Waals surface area contributed by atoms with Gasteiger partial charge < -0.3 is 0 Å². The maximum absolute atomic E-state index is 2.43. The zero-order valence-electron chi connectivity index (χ0n) is 12.1. The van der Waals surface area contributed by atoms with Crippen molar-refractivity contribution in [1.29, 1.82) is 0 Å². The molecule has 1 fully saturated rings. The summed E-state index contributed by atoms with van der Waals surface area (Å²) in [6, 6.07) is 18.1. The average Bonchev–Trinajstić information content (AvgIpc) is 2.76. The Bertz CT molecular complexity index is 623. The van der Waals surface area contributed by atoms with Crippen LogP contribution in [0.5, 0.6) is 0 Å². The molecule has 2 aromatic carbocycles. The van der Waals surface area contributed by atoms with Gasteiger partial charge in [-0.3, -0.25) is 0 Å². The third-order valence-corrected chi connectivity index (χ3v) is 6.19. The van der Waals surface area contributed by atoms with E-state index in [0.29, 0.717) is 5.41 Å². The molecule has 20 heavy (non-hydrogen) atoms. The predicted octanol–water partition coefficient (Wildman–Crippen LogP) is 5.65. The lowest BCUT2D eigenvalue weighted by Gasteiger charge is -2.38. The predicted molar refractivity (Wildman–Crippen MR) is 85.4 cm³/mol. The smallest absolute Gasteiger partial charge is 0.0230 e. The third-order valence-electron chi connectivity index (χ3n) is 5.03. The molecule has 2 aromatic rings. The second-order valence-corrected chi connectivity index (χ2v) is 8.10. The quantitative estimate of drug-likeness (QED) is 0.601. The Balaban J connectivity index is 1.98. The van der Waals surface area contributed by atoms with Gasteiger partial charge in [0, 0.05) is 15.2 Å². The van der Waals surface area contributed by atoms with Gasteiger partial charge in [-0.25, -0.2) is 0 Å². The Morgan fingerprint density at radius 3 is 1.85 bits per heavy atom. The molecule has 1 heteroatoms. The van der Waals surface area contributed by atoms with Gasteiger partial charge in [-0.2, -0.15) is 0 Å². The molecule has 1 saturated carbocycles. The molecule has 4 rings (SSSR count). The molecule has 0 saturated heterocycles. The van der Waals surface area contributed by atoms with Crippen molar-refractivity contribution in [3.8, 4) is 0 Å². The van der Waals surface area contributed by atoms with Crippen LogP contribution in [0.3, 0.4) is 0 Å². The first-order chi connectivity index (χ1) is 9.61. The van der Waals surface area contributed by atoms with E-state index in [1.165, 1.54) is 29.1 Å². The van der Waals surface area contributed by atoms with Crippen LogP contribution in [0.15, 0.2) is 58.3 Å². The summed E-state index contributed by atoms with van der Waals surface area (Å²) < 4.78 is 0. The first-order valence-electron chi connectivity index (χ1n) is 7.48. The summed E-state index contributed by atoms with van der Waals surface area (Å²) in [7, 11) is 0. The highest BCUT2D eigenvalue weighted by Crippen LogP contribution is 2.60. The molecule has 0 unspecified atom stereocenters. The summed E-state index contributed by atoms with van der Waals surface area (Å²) in [6.07, 6.45) is 3.88. The van der Waals surface area contributed by atoms with Gasteiger partial charge in [0.2, 0.25) is 0 Å². The number of fused-ring (bicyclic) bond motifs is 4. The fraction of sp³-hybridized carbons (Fsp3) is 0.368. The Labute approximate surface area is 125 Å². The van der Waals surface area contributed by atoms with E-state index in [1.54, 1.807) is 11.1 Å². The van der Waals surface area contributed by atoms with Crippen LogP contribution in [0.25, 0.3) is 0 Å². The molecular weight excluding hydrogens is 260 g/mol. The normalized spacial score (nSPS) is 21.5. The molecule has 2 aliphatic rings. The van der Waals surface area contributed by atoms with Crippen molar-refractivity contribution in [3.05, 3.63) is 59.7 Å². The highest BCUT2D eigenvalue weighted by molar-refractivity contribution is 7.99. The standard InChI is InChI=1S/C19H20S/c1-18(2)11-12-19(13-18)14-7-3-5-9-16(14)20-17-10-6-4-8-15(17)19/h3-10H,11-13H2,1-2H3. The van der Waals surface area contributed by atoms with E-state index < -0.39 is 0 Å². The highest BCUT2D eigenvalue weighted by Gasteiger charge is 2.48. The molecule has 1 aliphatic heterocycles. The maximum Gasteiger partial charge on any atom is 0.0230 e. The number of rotatable bonds is 0. The average molecular weight is 280 g/mol. The molecule has 0 atom stereocenters. The van der Waals surface area contributed by atoms with Gasteiger partial charge >= 0.3 is 0 Å². The highest BCUT2D eigenvalue weighted by atomic mass is 32.2. The molecule has 0 bridgehead atoms. The fourth-order valence-electron chi connectivity index (χ4n) is 4.17. The van der Waals surface area contributed by atoms with Crippen molar-refractivity contribution in [1.82, 2.24) is 0 Å². The van der Waals surface area contributed by atoms with E-state index in [2.05, 4.69) is 62.4 Å². The maximum atomic E-state index is 2.43. The van der Waals surface area contributed by atoms with Crippen molar-refractivity contribution >= 4 is 11.8 Å². The minimum atomic E-state index is 0.252. The number of hydrogen-bond acceptors (Lipinski definition) is 1. The molecule has 0 radical (unpaired) electrons. The van der Waals surface area contributed by atoms with Crippen LogP contribution in [0, 0.1) is 5.41 Å². The molecular formula is C19H20S. The van der Waals surface area contributed by atoms with Gasteiger partial charge in [0.25, 0.3) is 0 Å². The molecule has 0 nitrogen and oxygen atoms in total. The molecule has 1 aliphatic carbocycles. The van der Waals surface area contributed by atoms with Gasteiger partial charge in [-0.1, -0.05) is 62.0 Å². The minimum Gasteiger partial charge on any atom is -0.0895 e. The number of benzene rings is 2. The zero-order valence-corrected chi connectivity index (χ0v) is 13.0. The summed E-state index contributed by atoms with van der Waals surface area (Å²) in [5.74, 6) is 0. The van der Waals surface area contributed by atoms with Gasteiger partial charge in [0.1, 0.15) is 0 Å². The van der Waals surface area contributed by atoms with Gasteiger partial charge in [0.05, 0.1) is 0 Å². The van der Waals surface area contributed by atoms with Crippen LogP contribution >= 0.6 is 11.8 Å². The Morgan fingerprint density at radius 2 is 1.35 bits per heavy atom. The van der Waals surface area contributed by atoms with Crippen molar-refractivity contribution < 1.29 is 0 Å². The monoisotopic (exact) mass is 280 g/mol. The van der Waals surface area contributed by atoms with E-state index >= 15 is 0 Å². The van der Waals surface area contributed by atoms with E-state index in [1.807, 2.05) is 11.8 Å². The summed E-state index contributed by atoms with van der Waals surface area (Å²) in [5, 5.41) is 0. The molecule has 0 aromatic heterocycles. The molecule has 0 amide bonds. The summed E-state index contributed by atoms with van der Waals surface area (Å²) >= 11 is 1.94. The van der Waals surface area contributed by atoms with Gasteiger partial charge in [-0.15, -0.1) is 0 Å². The van der Waals surface area contributed by atoms with Crippen molar-refractivity contribution in [3.63, 3.8) is 0 Å². The van der Waals surface area contributed by atoms with E-state index in [9.17, 15) is 0 Å². The first kappa shape index (κ1) is 12.5. The second kappa shape index (κ2) is 4.14. The van der Waals surface area contributed by atoms with Crippen LogP contribution in [0.1, 0.15) is 44.2 Å². The van der Waals surface area contributed by atoms with Crippen LogP contribution in [-0.2, 0) is 5.41 Å². The zero-order chi connectivity index (χ0) is 13.8. The minimum absolute atomic E-state index is 0.252. The Kier molecular flexibility index (Phi) is 2.59. The van der Waals surface area contributed by atoms with Crippen molar-refractivity contribution in [2.75, 3.05) is 0 Å². The molecule has 102 valence electrons. The van der Waals surface area contributed by atoms with Crippen LogP contribution in [-0.4, -0.2) is 0 Å². The lowest BCUT2D eigenvalue weighted by atomic mass is 9.71. The van der Waals surface area contributed by atoms with Crippen LogP contribution in [0.2, 0.25) is 0 Å². The van der Waals surface area contributed by atoms with Gasteiger partial charge in [0.15, 0.2) is 0 Å². The second-order valence-electron chi connectivity index (χ2n) is 7.02. The first-order valence-corrected chi connectivity index (χ1v) is 8.29. The topological polar surface area (TPSA) is 0 Å². The SMILES string of the molecule is CC1(C)CCC2(C1)c1ccccc1Sc1ccccc12. The van der Waals surface area contributed by atoms with E-state index in [4.69, 9.17) is 0 Å². The summed E-state index contributed by atoms with van der Waals surface area (Å²) in [4.78, 5) is 2.92.